The molecule has 2 heterocycles. The smallest absolute Gasteiger partial charge is 0.358 e. The first kappa shape index (κ1) is 15.6. The summed E-state index contributed by atoms with van der Waals surface area (Å²) in [5, 5.41) is 28.1. The van der Waals surface area contributed by atoms with Gasteiger partial charge in [-0.1, -0.05) is 17.7 Å². The Labute approximate surface area is 139 Å². The van der Waals surface area contributed by atoms with Gasteiger partial charge in [0.15, 0.2) is 11.5 Å². The van der Waals surface area contributed by atoms with Crippen molar-refractivity contribution in [1.29, 1.82) is 0 Å². The number of non-ortho nitro benzene ring substituents is 1. The zero-order valence-electron chi connectivity index (χ0n) is 11.8. The van der Waals surface area contributed by atoms with Crippen LogP contribution in [0.1, 0.15) is 10.5 Å². The Bertz CT molecular complexity index is 998. The predicted octanol–water partition coefficient (Wildman–Crippen LogP) is 4.01. The second-order valence-corrected chi connectivity index (χ2v) is 5.08. The molecule has 0 aliphatic rings. The third-order valence-corrected chi connectivity index (χ3v) is 3.28. The maximum atomic E-state index is 11.3. The number of azo groups is 1. The molecule has 0 saturated heterocycles. The first-order valence-electron chi connectivity index (χ1n) is 6.53. The molecule has 0 radical (unpaired) electrons. The fourth-order valence-electron chi connectivity index (χ4n) is 2.02. The molecule has 0 fully saturated rings. The van der Waals surface area contributed by atoms with Crippen molar-refractivity contribution in [2.24, 2.45) is 10.2 Å². The molecule has 2 aromatic heterocycles. The molecule has 1 aromatic carbocycles. The molecule has 0 atom stereocenters. The van der Waals surface area contributed by atoms with Gasteiger partial charge in [-0.05, 0) is 18.2 Å². The molecule has 3 rings (SSSR count). The highest BCUT2D eigenvalue weighted by atomic mass is 35.5. The van der Waals surface area contributed by atoms with E-state index in [1.54, 1.807) is 12.1 Å². The number of aromatic carboxylic acids is 1. The number of carbonyl (C=O) groups is 1. The minimum atomic E-state index is -1.28. The van der Waals surface area contributed by atoms with Gasteiger partial charge in [-0.2, -0.15) is 0 Å². The van der Waals surface area contributed by atoms with Crippen molar-refractivity contribution >= 4 is 40.4 Å². The topological polar surface area (TPSA) is 122 Å². The van der Waals surface area contributed by atoms with E-state index in [2.05, 4.69) is 15.2 Å². The number of rotatable bonds is 4. The standard InChI is InChI=1S/C14H8ClN5O4/c15-8-4-5-11-16-12(14(21)22)13(19(11)7-8)18-17-9-2-1-3-10(6-9)20(23)24/h1-7H,(H,21,22). The lowest BCUT2D eigenvalue weighted by atomic mass is 10.3. The maximum absolute atomic E-state index is 11.3. The number of fused-ring (bicyclic) bond motifs is 1. The van der Waals surface area contributed by atoms with Crippen LogP contribution in [0.4, 0.5) is 17.2 Å². The van der Waals surface area contributed by atoms with Gasteiger partial charge in [0.2, 0.25) is 0 Å². The molecule has 0 saturated carbocycles. The van der Waals surface area contributed by atoms with E-state index in [0.717, 1.165) is 0 Å². The zero-order valence-corrected chi connectivity index (χ0v) is 12.6. The molecule has 0 bridgehead atoms. The summed E-state index contributed by atoms with van der Waals surface area (Å²) in [5.41, 5.74) is 0.0971. The number of imidazole rings is 1. The lowest BCUT2D eigenvalue weighted by Gasteiger charge is -1.97. The van der Waals surface area contributed by atoms with Crippen LogP contribution in [0.3, 0.4) is 0 Å². The van der Waals surface area contributed by atoms with Crippen molar-refractivity contribution in [1.82, 2.24) is 9.38 Å². The summed E-state index contributed by atoms with van der Waals surface area (Å²) >= 11 is 5.91. The van der Waals surface area contributed by atoms with Gasteiger partial charge in [0, 0.05) is 18.3 Å². The van der Waals surface area contributed by atoms with Crippen molar-refractivity contribution in [3.8, 4) is 0 Å². The van der Waals surface area contributed by atoms with E-state index in [-0.39, 0.29) is 22.9 Å². The monoisotopic (exact) mass is 345 g/mol. The molecule has 0 spiro atoms. The maximum Gasteiger partial charge on any atom is 0.358 e. The Hall–Kier alpha value is -3.33. The number of hydrogen-bond donors (Lipinski definition) is 1. The van der Waals surface area contributed by atoms with Crippen molar-refractivity contribution in [3.05, 3.63) is 63.4 Å². The summed E-state index contributed by atoms with van der Waals surface area (Å²) in [7, 11) is 0. The fraction of sp³-hybridized carbons (Fsp3) is 0. The highest BCUT2D eigenvalue weighted by Crippen LogP contribution is 2.27. The van der Waals surface area contributed by atoms with E-state index in [9.17, 15) is 20.0 Å². The third-order valence-electron chi connectivity index (χ3n) is 3.06. The number of halogens is 1. The van der Waals surface area contributed by atoms with Gasteiger partial charge < -0.3 is 5.11 Å². The van der Waals surface area contributed by atoms with Crippen LogP contribution < -0.4 is 0 Å². The molecule has 120 valence electrons. The Morgan fingerprint density at radius 3 is 2.79 bits per heavy atom. The van der Waals surface area contributed by atoms with Gasteiger partial charge in [0.1, 0.15) is 5.65 Å². The molecule has 0 aliphatic carbocycles. The van der Waals surface area contributed by atoms with Gasteiger partial charge in [-0.3, -0.25) is 14.5 Å². The first-order valence-corrected chi connectivity index (χ1v) is 6.90. The minimum Gasteiger partial charge on any atom is -0.476 e. The lowest BCUT2D eigenvalue weighted by molar-refractivity contribution is -0.384. The second kappa shape index (κ2) is 6.05. The SMILES string of the molecule is O=C(O)c1nc2ccc(Cl)cn2c1N=Nc1cccc([N+](=O)[O-])c1. The number of aromatic nitrogens is 2. The molecule has 0 aliphatic heterocycles. The molecular formula is C14H8ClN5O4. The van der Waals surface area contributed by atoms with Crippen LogP contribution in [0, 0.1) is 10.1 Å². The van der Waals surface area contributed by atoms with Crippen LogP contribution >= 0.6 is 11.6 Å². The normalized spacial score (nSPS) is 11.2. The molecule has 0 unspecified atom stereocenters. The van der Waals surface area contributed by atoms with E-state index in [1.165, 1.54) is 34.9 Å². The first-order chi connectivity index (χ1) is 11.5. The van der Waals surface area contributed by atoms with Crippen LogP contribution in [0.5, 0.6) is 0 Å². The van der Waals surface area contributed by atoms with Crippen LogP contribution in [-0.2, 0) is 0 Å². The summed E-state index contributed by atoms with van der Waals surface area (Å²) < 4.78 is 1.38. The average Bonchev–Trinajstić information content (AvgIpc) is 2.91. The number of benzene rings is 1. The fourth-order valence-corrected chi connectivity index (χ4v) is 2.18. The number of nitro benzene ring substituents is 1. The van der Waals surface area contributed by atoms with E-state index >= 15 is 0 Å². The van der Waals surface area contributed by atoms with Crippen LogP contribution in [0.2, 0.25) is 5.02 Å². The van der Waals surface area contributed by atoms with E-state index in [0.29, 0.717) is 10.7 Å². The lowest BCUT2D eigenvalue weighted by Crippen LogP contribution is -1.96. The highest BCUT2D eigenvalue weighted by molar-refractivity contribution is 6.30. The Balaban J connectivity index is 2.10. The minimum absolute atomic E-state index is 0.0356. The number of hydrogen-bond acceptors (Lipinski definition) is 6. The van der Waals surface area contributed by atoms with E-state index < -0.39 is 10.9 Å². The van der Waals surface area contributed by atoms with Gasteiger partial charge in [0.25, 0.3) is 5.69 Å². The average molecular weight is 346 g/mol. The van der Waals surface area contributed by atoms with Gasteiger partial charge in [-0.25, -0.2) is 9.78 Å². The van der Waals surface area contributed by atoms with Crippen LogP contribution in [0.25, 0.3) is 5.65 Å². The Kier molecular flexibility index (Phi) is 3.92. The van der Waals surface area contributed by atoms with Crippen molar-refractivity contribution < 1.29 is 14.8 Å². The number of nitrogens with zero attached hydrogens (tertiary/aromatic N) is 5. The van der Waals surface area contributed by atoms with E-state index in [1.807, 2.05) is 0 Å². The third kappa shape index (κ3) is 2.92. The predicted molar refractivity (Wildman–Crippen MR) is 84.4 cm³/mol. The van der Waals surface area contributed by atoms with Crippen molar-refractivity contribution in [2.75, 3.05) is 0 Å². The van der Waals surface area contributed by atoms with Crippen molar-refractivity contribution in [2.45, 2.75) is 0 Å². The molecule has 1 N–H and O–H groups in total. The quantitative estimate of drug-likeness (QED) is 0.434. The molecule has 24 heavy (non-hydrogen) atoms. The van der Waals surface area contributed by atoms with Crippen LogP contribution in [-0.4, -0.2) is 25.4 Å². The van der Waals surface area contributed by atoms with Gasteiger partial charge >= 0.3 is 5.97 Å². The van der Waals surface area contributed by atoms with E-state index in [4.69, 9.17) is 11.6 Å². The van der Waals surface area contributed by atoms with Gasteiger partial charge in [-0.15, -0.1) is 10.2 Å². The number of carboxylic acid groups (broad SMARTS) is 1. The molecule has 9 nitrogen and oxygen atoms in total. The Morgan fingerprint density at radius 1 is 1.29 bits per heavy atom. The van der Waals surface area contributed by atoms with Gasteiger partial charge in [0.05, 0.1) is 15.6 Å². The molecule has 10 heteroatoms. The summed E-state index contributed by atoms with van der Waals surface area (Å²) in [6.07, 6.45) is 1.46. The summed E-state index contributed by atoms with van der Waals surface area (Å²) in [6.45, 7) is 0. The molecule has 0 amide bonds. The summed E-state index contributed by atoms with van der Waals surface area (Å²) in [4.78, 5) is 25.5. The summed E-state index contributed by atoms with van der Waals surface area (Å²) in [5.74, 6) is -1.31. The zero-order chi connectivity index (χ0) is 17.3. The number of carboxylic acids is 1. The van der Waals surface area contributed by atoms with Crippen LogP contribution in [0.15, 0.2) is 52.8 Å². The molecular weight excluding hydrogens is 338 g/mol. The summed E-state index contributed by atoms with van der Waals surface area (Å²) in [6, 6.07) is 8.61. The Morgan fingerprint density at radius 2 is 2.08 bits per heavy atom. The number of nitro groups is 1. The molecule has 3 aromatic rings. The van der Waals surface area contributed by atoms with Crippen molar-refractivity contribution in [3.63, 3.8) is 0 Å². The largest absolute Gasteiger partial charge is 0.476 e. The highest BCUT2D eigenvalue weighted by Gasteiger charge is 2.18. The second-order valence-electron chi connectivity index (χ2n) is 4.64. The number of pyridine rings is 1.